The van der Waals surface area contributed by atoms with Crippen molar-refractivity contribution >= 4 is 41.4 Å². The number of methoxy groups -OCH3 is 2. The Balaban J connectivity index is 1.73. The maximum atomic E-state index is 14.4. The third-order valence-electron chi connectivity index (χ3n) is 12.0. The van der Waals surface area contributed by atoms with E-state index in [4.69, 9.17) is 19.2 Å². The number of ether oxygens (including phenoxy) is 3. The highest BCUT2D eigenvalue weighted by Gasteiger charge is 2.43. The van der Waals surface area contributed by atoms with Crippen LogP contribution in [0.2, 0.25) is 0 Å². The zero-order valence-electron chi connectivity index (χ0n) is 39.7. The molecule has 352 valence electrons. The van der Waals surface area contributed by atoms with Gasteiger partial charge in [-0.2, -0.15) is 0 Å². The van der Waals surface area contributed by atoms with Gasteiger partial charge in [-0.15, -0.1) is 0 Å². The minimum absolute atomic E-state index is 0.00882. The standard InChI is InChI=1S/C46H74N8O9/c1-13-31(4)41(52(10)45(60)40(30(2)3)49-46(50(6)7)51(8)9)36(61-11)29-39(57)53-24-17-20-35(53)42(62-12)32(5)43(58)48-34(28-33-18-15-14-16-19-33)44(59)47-23-26-63-27-25-54-37(55)21-22-38(54)56/h14-16,18-19,21-22,30-32,34-36,40-42H,13,17,20,23-29H2,1-12H3,(H,47,59)(H,48,58)/t31-,32+,34-,35-,36+,40-,41?,42+/m0/s1. The van der Waals surface area contributed by atoms with Crippen LogP contribution in [-0.4, -0.2) is 185 Å². The lowest BCUT2D eigenvalue weighted by Gasteiger charge is -2.40. The number of likely N-dealkylation sites (tertiary alicyclic amines) is 1. The van der Waals surface area contributed by atoms with Gasteiger partial charge in [0.15, 0.2) is 5.96 Å². The summed E-state index contributed by atoms with van der Waals surface area (Å²) in [4.78, 5) is 93.1. The lowest BCUT2D eigenvalue weighted by Crippen LogP contribution is -2.55. The van der Waals surface area contributed by atoms with Gasteiger partial charge >= 0.3 is 0 Å². The first-order chi connectivity index (χ1) is 29.9. The number of carbonyl (C=O) groups is 6. The Morgan fingerprint density at radius 3 is 2.08 bits per heavy atom. The number of likely N-dealkylation sites (N-methyl/N-ethyl adjacent to an activating group) is 1. The molecule has 63 heavy (non-hydrogen) atoms. The molecule has 1 unspecified atom stereocenters. The minimum atomic E-state index is -0.926. The summed E-state index contributed by atoms with van der Waals surface area (Å²) in [6.07, 6.45) is 3.44. The second kappa shape index (κ2) is 25.4. The zero-order valence-corrected chi connectivity index (χ0v) is 39.7. The van der Waals surface area contributed by atoms with E-state index < -0.39 is 65.9 Å². The minimum Gasteiger partial charge on any atom is -0.379 e. The van der Waals surface area contributed by atoms with E-state index >= 15 is 0 Å². The van der Waals surface area contributed by atoms with Crippen LogP contribution in [0.1, 0.15) is 65.9 Å². The second-order valence-electron chi connectivity index (χ2n) is 17.3. The van der Waals surface area contributed by atoms with Gasteiger partial charge in [0.05, 0.1) is 56.4 Å². The maximum Gasteiger partial charge on any atom is 0.253 e. The van der Waals surface area contributed by atoms with E-state index in [0.29, 0.717) is 25.3 Å². The van der Waals surface area contributed by atoms with E-state index in [1.807, 2.05) is 82.2 Å². The number of rotatable bonds is 24. The van der Waals surface area contributed by atoms with Crippen molar-refractivity contribution in [1.29, 1.82) is 0 Å². The molecule has 0 aliphatic carbocycles. The van der Waals surface area contributed by atoms with Crippen molar-refractivity contribution in [3.63, 3.8) is 0 Å². The van der Waals surface area contributed by atoms with Gasteiger partial charge in [-0.3, -0.25) is 33.7 Å². The fourth-order valence-corrected chi connectivity index (χ4v) is 8.40. The highest BCUT2D eigenvalue weighted by Crippen LogP contribution is 2.30. The van der Waals surface area contributed by atoms with Crippen molar-refractivity contribution in [3.8, 4) is 0 Å². The molecule has 2 aliphatic heterocycles. The van der Waals surface area contributed by atoms with Gasteiger partial charge in [0.25, 0.3) is 11.8 Å². The number of guanidine groups is 1. The molecule has 1 fully saturated rings. The lowest BCUT2D eigenvalue weighted by atomic mass is 9.89. The average molecular weight is 883 g/mol. The van der Waals surface area contributed by atoms with Gasteiger partial charge in [0.2, 0.25) is 23.6 Å². The Labute approximate surface area is 374 Å². The van der Waals surface area contributed by atoms with Crippen molar-refractivity contribution in [1.82, 2.24) is 35.1 Å². The van der Waals surface area contributed by atoms with Gasteiger partial charge in [0, 0.05) is 81.1 Å². The third-order valence-corrected chi connectivity index (χ3v) is 12.0. The molecule has 1 aromatic carbocycles. The summed E-state index contributed by atoms with van der Waals surface area (Å²) in [5, 5.41) is 5.78. The van der Waals surface area contributed by atoms with Gasteiger partial charge < -0.3 is 44.4 Å². The molecular formula is C46H74N8O9. The Morgan fingerprint density at radius 2 is 1.52 bits per heavy atom. The molecule has 0 aromatic heterocycles. The van der Waals surface area contributed by atoms with Crippen LogP contribution < -0.4 is 10.6 Å². The second-order valence-corrected chi connectivity index (χ2v) is 17.3. The monoisotopic (exact) mass is 883 g/mol. The molecule has 3 rings (SSSR count). The Bertz CT molecular complexity index is 1710. The van der Waals surface area contributed by atoms with Gasteiger partial charge in [0.1, 0.15) is 12.1 Å². The maximum absolute atomic E-state index is 14.4. The predicted octanol–water partition coefficient (Wildman–Crippen LogP) is 2.20. The van der Waals surface area contributed by atoms with Gasteiger partial charge in [-0.1, -0.05) is 71.4 Å². The number of aliphatic imine (C=N–C) groups is 1. The molecule has 0 spiro atoms. The zero-order chi connectivity index (χ0) is 47.0. The van der Waals surface area contributed by atoms with E-state index in [0.717, 1.165) is 16.9 Å². The molecular weight excluding hydrogens is 809 g/mol. The number of amides is 6. The van der Waals surface area contributed by atoms with Crippen LogP contribution in [0.4, 0.5) is 0 Å². The number of imide groups is 1. The number of carbonyl (C=O) groups excluding carboxylic acids is 6. The van der Waals surface area contributed by atoms with Crippen LogP contribution in [0.3, 0.4) is 0 Å². The number of nitrogens with one attached hydrogen (secondary N) is 2. The van der Waals surface area contributed by atoms with E-state index in [1.165, 1.54) is 19.3 Å². The number of hydrogen-bond donors (Lipinski definition) is 2. The number of hydrogen-bond acceptors (Lipinski definition) is 10. The van der Waals surface area contributed by atoms with Crippen molar-refractivity contribution in [2.24, 2.45) is 22.7 Å². The summed E-state index contributed by atoms with van der Waals surface area (Å²) in [6.45, 7) is 10.8. The summed E-state index contributed by atoms with van der Waals surface area (Å²) in [6, 6.07) is 6.92. The number of nitrogens with zero attached hydrogens (tertiary/aromatic N) is 6. The van der Waals surface area contributed by atoms with E-state index in [2.05, 4.69) is 24.5 Å². The molecule has 17 heteroatoms. The first-order valence-electron chi connectivity index (χ1n) is 22.2. The molecule has 2 aliphatic rings. The molecule has 0 radical (unpaired) electrons. The van der Waals surface area contributed by atoms with Crippen molar-refractivity contribution in [2.75, 3.05) is 82.3 Å². The fraction of sp³-hybridized carbons (Fsp3) is 0.674. The molecule has 1 saturated heterocycles. The number of benzene rings is 1. The van der Waals surface area contributed by atoms with Gasteiger partial charge in [-0.05, 0) is 30.2 Å². The SMILES string of the molecule is CC[C@H](C)C([C@@H](CC(=O)N1CCC[C@H]1[C@H](OC)[C@@H](C)C(=O)N[C@@H](Cc1ccccc1)C(=O)NCCOCCN1C(=O)C=CC1=O)OC)N(C)C(=O)[C@@H](N=C(N(C)C)N(C)C)C(C)C. The molecule has 2 N–H and O–H groups in total. The van der Waals surface area contributed by atoms with Crippen LogP contribution in [0.15, 0.2) is 47.5 Å². The molecule has 6 amide bonds. The Morgan fingerprint density at radius 1 is 0.889 bits per heavy atom. The summed E-state index contributed by atoms with van der Waals surface area (Å²) in [5.41, 5.74) is 0.848. The van der Waals surface area contributed by atoms with Crippen molar-refractivity contribution in [2.45, 2.75) is 103 Å². The first-order valence-corrected chi connectivity index (χ1v) is 22.2. The summed E-state index contributed by atoms with van der Waals surface area (Å²) in [5.74, 6) is -2.07. The van der Waals surface area contributed by atoms with E-state index in [1.54, 1.807) is 30.9 Å². The molecule has 1 aromatic rings. The van der Waals surface area contributed by atoms with Crippen LogP contribution >= 0.6 is 0 Å². The summed E-state index contributed by atoms with van der Waals surface area (Å²) >= 11 is 0. The van der Waals surface area contributed by atoms with E-state index in [-0.39, 0.29) is 62.8 Å². The van der Waals surface area contributed by atoms with Crippen LogP contribution in [0.25, 0.3) is 0 Å². The Kier molecular flexibility index (Phi) is 21.2. The molecule has 2 heterocycles. The smallest absolute Gasteiger partial charge is 0.253 e. The predicted molar refractivity (Wildman–Crippen MR) is 241 cm³/mol. The first kappa shape index (κ1) is 52.5. The summed E-state index contributed by atoms with van der Waals surface area (Å²) < 4.78 is 17.6. The molecule has 8 atom stereocenters. The van der Waals surface area contributed by atoms with Crippen LogP contribution in [-0.2, 0) is 49.4 Å². The van der Waals surface area contributed by atoms with E-state index in [9.17, 15) is 28.8 Å². The third kappa shape index (κ3) is 14.6. The Hall–Kier alpha value is -4.87. The summed E-state index contributed by atoms with van der Waals surface area (Å²) in [7, 11) is 12.4. The highest BCUT2D eigenvalue weighted by molar-refractivity contribution is 6.12. The average Bonchev–Trinajstić information content (AvgIpc) is 3.86. The largest absolute Gasteiger partial charge is 0.379 e. The molecule has 0 saturated carbocycles. The quantitative estimate of drug-likeness (QED) is 0.0673. The normalized spacial score (nSPS) is 18.3. The van der Waals surface area contributed by atoms with Gasteiger partial charge in [-0.25, -0.2) is 4.99 Å². The molecule has 17 nitrogen and oxygen atoms in total. The van der Waals surface area contributed by atoms with Crippen molar-refractivity contribution < 1.29 is 43.0 Å². The molecule has 0 bridgehead atoms. The lowest BCUT2D eigenvalue weighted by molar-refractivity contribution is -0.146. The van der Waals surface area contributed by atoms with Crippen LogP contribution in [0.5, 0.6) is 0 Å². The highest BCUT2D eigenvalue weighted by atomic mass is 16.5. The fourth-order valence-electron chi connectivity index (χ4n) is 8.40. The van der Waals surface area contributed by atoms with Crippen LogP contribution in [0, 0.1) is 17.8 Å². The topological polar surface area (TPSA) is 183 Å². The van der Waals surface area contributed by atoms with Crippen molar-refractivity contribution in [3.05, 3.63) is 48.0 Å².